The molecule has 4 aromatic rings. The van der Waals surface area contributed by atoms with Crippen molar-refractivity contribution < 1.29 is 4.74 Å². The fourth-order valence-electron chi connectivity index (χ4n) is 4.02. The first-order valence-electron chi connectivity index (χ1n) is 10.6. The molecule has 1 fully saturated rings. The summed E-state index contributed by atoms with van der Waals surface area (Å²) in [6, 6.07) is 14.1. The van der Waals surface area contributed by atoms with Gasteiger partial charge in [-0.15, -0.1) is 0 Å². The van der Waals surface area contributed by atoms with Gasteiger partial charge in [0.15, 0.2) is 5.82 Å². The second-order valence-electron chi connectivity index (χ2n) is 7.85. The second-order valence-corrected chi connectivity index (χ2v) is 7.85. The normalized spacial score (nSPS) is 14.7. The quantitative estimate of drug-likeness (QED) is 0.476. The SMILES string of the molecule is Cc1cc(-c2ccn3nc(Nc4ccccn4)cc3c2)c(OC2CCCCC2)cn1. The van der Waals surface area contributed by atoms with Gasteiger partial charge in [0.2, 0.25) is 0 Å². The predicted molar refractivity (Wildman–Crippen MR) is 118 cm³/mol. The van der Waals surface area contributed by atoms with Crippen LogP contribution in [-0.4, -0.2) is 25.7 Å². The number of hydrogen-bond donors (Lipinski definition) is 1. The molecule has 5 rings (SSSR count). The first kappa shape index (κ1) is 18.6. The summed E-state index contributed by atoms with van der Waals surface area (Å²) in [7, 11) is 0. The van der Waals surface area contributed by atoms with Crippen LogP contribution in [0.1, 0.15) is 37.8 Å². The highest BCUT2D eigenvalue weighted by atomic mass is 16.5. The molecule has 0 aliphatic heterocycles. The third-order valence-electron chi connectivity index (χ3n) is 5.55. The maximum Gasteiger partial charge on any atom is 0.154 e. The monoisotopic (exact) mass is 399 g/mol. The molecule has 1 N–H and O–H groups in total. The van der Waals surface area contributed by atoms with Gasteiger partial charge in [0.1, 0.15) is 11.6 Å². The van der Waals surface area contributed by atoms with Crippen molar-refractivity contribution in [3.05, 3.63) is 66.7 Å². The van der Waals surface area contributed by atoms with Crippen molar-refractivity contribution in [3.8, 4) is 16.9 Å². The molecule has 0 saturated heterocycles. The van der Waals surface area contributed by atoms with Gasteiger partial charge in [0.05, 0.1) is 17.8 Å². The van der Waals surface area contributed by atoms with E-state index in [1.165, 1.54) is 19.3 Å². The van der Waals surface area contributed by atoms with E-state index in [1.54, 1.807) is 6.20 Å². The molecule has 152 valence electrons. The smallest absolute Gasteiger partial charge is 0.154 e. The molecule has 4 aromatic heterocycles. The molecule has 1 aliphatic rings. The maximum absolute atomic E-state index is 6.39. The zero-order chi connectivity index (χ0) is 20.3. The molecule has 1 saturated carbocycles. The molecule has 0 unspecified atom stereocenters. The topological polar surface area (TPSA) is 64.3 Å². The van der Waals surface area contributed by atoms with E-state index in [0.29, 0.717) is 0 Å². The largest absolute Gasteiger partial charge is 0.488 e. The standard InChI is InChI=1S/C24H25N5O/c1-17-13-21(22(16-26-17)30-20-7-3-2-4-8-20)18-10-12-29-19(14-18)15-24(28-29)27-23-9-5-6-11-25-23/h5-6,9-16,20H,2-4,7-8H2,1H3,(H,25,27,28). The van der Waals surface area contributed by atoms with Crippen molar-refractivity contribution in [1.82, 2.24) is 19.6 Å². The Labute approximate surface area is 176 Å². The summed E-state index contributed by atoms with van der Waals surface area (Å²) in [6.07, 6.45) is 11.9. The minimum Gasteiger partial charge on any atom is -0.488 e. The van der Waals surface area contributed by atoms with Gasteiger partial charge in [0.25, 0.3) is 0 Å². The van der Waals surface area contributed by atoms with Crippen molar-refractivity contribution >= 4 is 17.2 Å². The van der Waals surface area contributed by atoms with Gasteiger partial charge in [-0.3, -0.25) is 4.98 Å². The van der Waals surface area contributed by atoms with Crippen molar-refractivity contribution in [1.29, 1.82) is 0 Å². The highest BCUT2D eigenvalue weighted by Crippen LogP contribution is 2.34. The number of fused-ring (bicyclic) bond motifs is 1. The Morgan fingerprint density at radius 2 is 1.90 bits per heavy atom. The van der Waals surface area contributed by atoms with Gasteiger partial charge in [-0.05, 0) is 68.5 Å². The van der Waals surface area contributed by atoms with Crippen LogP contribution >= 0.6 is 0 Å². The lowest BCUT2D eigenvalue weighted by atomic mass is 9.97. The first-order chi connectivity index (χ1) is 14.7. The van der Waals surface area contributed by atoms with Gasteiger partial charge in [-0.1, -0.05) is 12.5 Å². The summed E-state index contributed by atoms with van der Waals surface area (Å²) in [5.41, 5.74) is 4.16. The van der Waals surface area contributed by atoms with E-state index in [2.05, 4.69) is 38.6 Å². The first-order valence-corrected chi connectivity index (χ1v) is 10.6. The number of nitrogens with one attached hydrogen (secondary N) is 1. The van der Waals surface area contributed by atoms with E-state index in [1.807, 2.05) is 48.1 Å². The summed E-state index contributed by atoms with van der Waals surface area (Å²) in [6.45, 7) is 2.01. The number of aromatic nitrogens is 4. The minimum absolute atomic E-state index is 0.287. The van der Waals surface area contributed by atoms with E-state index in [0.717, 1.165) is 52.6 Å². The predicted octanol–water partition coefficient (Wildman–Crippen LogP) is 5.55. The van der Waals surface area contributed by atoms with Crippen LogP contribution in [0.25, 0.3) is 16.6 Å². The number of pyridine rings is 3. The number of aryl methyl sites for hydroxylation is 1. The molecule has 6 nitrogen and oxygen atoms in total. The number of ether oxygens (including phenoxy) is 1. The molecule has 0 aromatic carbocycles. The fourth-order valence-corrected chi connectivity index (χ4v) is 4.02. The van der Waals surface area contributed by atoms with Crippen LogP contribution in [0.5, 0.6) is 5.75 Å². The van der Waals surface area contributed by atoms with E-state index < -0.39 is 0 Å². The van der Waals surface area contributed by atoms with Gasteiger partial charge in [-0.25, -0.2) is 9.50 Å². The Morgan fingerprint density at radius 1 is 1.00 bits per heavy atom. The van der Waals surface area contributed by atoms with Gasteiger partial charge in [-0.2, -0.15) is 5.10 Å². The van der Waals surface area contributed by atoms with Gasteiger partial charge < -0.3 is 10.1 Å². The average molecular weight is 399 g/mol. The van der Waals surface area contributed by atoms with Crippen molar-refractivity contribution in [2.24, 2.45) is 0 Å². The van der Waals surface area contributed by atoms with Crippen molar-refractivity contribution in [2.45, 2.75) is 45.1 Å². The zero-order valence-corrected chi connectivity index (χ0v) is 17.1. The van der Waals surface area contributed by atoms with Crippen LogP contribution in [0.4, 0.5) is 11.6 Å². The summed E-state index contributed by atoms with van der Waals surface area (Å²) in [5.74, 6) is 2.40. The van der Waals surface area contributed by atoms with Crippen LogP contribution in [0, 0.1) is 6.92 Å². The van der Waals surface area contributed by atoms with Crippen molar-refractivity contribution in [2.75, 3.05) is 5.32 Å². The number of nitrogens with zero attached hydrogens (tertiary/aromatic N) is 4. The molecule has 1 aliphatic carbocycles. The molecule has 30 heavy (non-hydrogen) atoms. The molecule has 0 atom stereocenters. The molecular formula is C24H25N5O. The molecule has 0 spiro atoms. The molecule has 0 amide bonds. The number of hydrogen-bond acceptors (Lipinski definition) is 5. The summed E-state index contributed by atoms with van der Waals surface area (Å²) >= 11 is 0. The summed E-state index contributed by atoms with van der Waals surface area (Å²) in [4.78, 5) is 8.79. The zero-order valence-electron chi connectivity index (χ0n) is 17.1. The van der Waals surface area contributed by atoms with Crippen molar-refractivity contribution in [3.63, 3.8) is 0 Å². The lowest BCUT2D eigenvalue weighted by Crippen LogP contribution is -2.20. The molecular weight excluding hydrogens is 374 g/mol. The molecule has 0 bridgehead atoms. The van der Waals surface area contributed by atoms with Crippen LogP contribution in [0.2, 0.25) is 0 Å². The maximum atomic E-state index is 6.39. The lowest BCUT2D eigenvalue weighted by molar-refractivity contribution is 0.155. The molecule has 0 radical (unpaired) electrons. The summed E-state index contributed by atoms with van der Waals surface area (Å²) < 4.78 is 8.25. The second kappa shape index (κ2) is 8.14. The Kier molecular flexibility index (Phi) is 5.05. The highest BCUT2D eigenvalue weighted by molar-refractivity contribution is 5.75. The highest BCUT2D eigenvalue weighted by Gasteiger charge is 2.18. The summed E-state index contributed by atoms with van der Waals surface area (Å²) in [5, 5.41) is 7.85. The number of rotatable bonds is 5. The van der Waals surface area contributed by atoms with E-state index in [9.17, 15) is 0 Å². The van der Waals surface area contributed by atoms with E-state index in [4.69, 9.17) is 4.74 Å². The van der Waals surface area contributed by atoms with E-state index >= 15 is 0 Å². The lowest BCUT2D eigenvalue weighted by Gasteiger charge is -2.24. The average Bonchev–Trinajstić information content (AvgIpc) is 3.18. The van der Waals surface area contributed by atoms with Gasteiger partial charge >= 0.3 is 0 Å². The third-order valence-corrected chi connectivity index (χ3v) is 5.55. The fraction of sp³-hybridized carbons (Fsp3) is 0.292. The van der Waals surface area contributed by atoms with Crippen LogP contribution < -0.4 is 10.1 Å². The van der Waals surface area contributed by atoms with Crippen LogP contribution in [0.3, 0.4) is 0 Å². The Morgan fingerprint density at radius 3 is 2.73 bits per heavy atom. The molecule has 6 heteroatoms. The Bertz CT molecular complexity index is 1150. The number of anilines is 2. The van der Waals surface area contributed by atoms with Crippen LogP contribution in [0.15, 0.2) is 61.1 Å². The minimum atomic E-state index is 0.287. The third kappa shape index (κ3) is 3.99. The van der Waals surface area contributed by atoms with Crippen LogP contribution in [-0.2, 0) is 0 Å². The Balaban J connectivity index is 1.46. The van der Waals surface area contributed by atoms with Gasteiger partial charge in [0, 0.05) is 29.7 Å². The Hall–Kier alpha value is -3.41. The van der Waals surface area contributed by atoms with E-state index in [-0.39, 0.29) is 6.10 Å². The molecule has 4 heterocycles.